The number of nitrogens with two attached hydrogens (primary N) is 1. The number of nitrogens with one attached hydrogen (secondary N) is 2. The van der Waals surface area contributed by atoms with Crippen LogP contribution in [0.15, 0.2) is 58.5 Å². The zero-order valence-corrected chi connectivity index (χ0v) is 11.4. The average molecular weight is 284 g/mol. The number of rotatable bonds is 2. The van der Waals surface area contributed by atoms with Crippen LogP contribution >= 0.6 is 0 Å². The first-order chi connectivity index (χ1) is 10.2. The lowest BCUT2D eigenvalue weighted by atomic mass is 10.2. The molecule has 0 saturated heterocycles. The van der Waals surface area contributed by atoms with E-state index in [-0.39, 0.29) is 11.0 Å². The van der Waals surface area contributed by atoms with E-state index in [2.05, 4.69) is 15.0 Å². The Kier molecular flexibility index (Phi) is 5.00. The monoisotopic (exact) mass is 284 g/mol. The summed E-state index contributed by atoms with van der Waals surface area (Å²) in [6, 6.07) is 9.45. The Morgan fingerprint density at radius 3 is 2.62 bits per heavy atom. The smallest absolute Gasteiger partial charge is 0.248 e. The van der Waals surface area contributed by atoms with Crippen LogP contribution in [0, 0.1) is 0 Å². The van der Waals surface area contributed by atoms with Gasteiger partial charge in [0.15, 0.2) is 5.43 Å². The summed E-state index contributed by atoms with van der Waals surface area (Å²) < 4.78 is 0. The number of H-pyrrole nitrogens is 2. The maximum atomic E-state index is 11.4. The van der Waals surface area contributed by atoms with Gasteiger partial charge in [-0.2, -0.15) is 0 Å². The Bertz CT molecular complexity index is 810. The molecular formula is C15H16N4O2. The van der Waals surface area contributed by atoms with Gasteiger partial charge in [-0.25, -0.2) is 4.98 Å². The highest BCUT2D eigenvalue weighted by atomic mass is 16.1. The van der Waals surface area contributed by atoms with Gasteiger partial charge in [-0.05, 0) is 24.7 Å². The topological polar surface area (TPSA) is 105 Å². The molecule has 4 N–H and O–H groups in total. The third-order valence-corrected chi connectivity index (χ3v) is 2.81. The average Bonchev–Trinajstić information content (AvgIpc) is 2.94. The van der Waals surface area contributed by atoms with Crippen molar-refractivity contribution in [1.29, 1.82) is 0 Å². The van der Waals surface area contributed by atoms with Gasteiger partial charge in [0.1, 0.15) is 0 Å². The van der Waals surface area contributed by atoms with E-state index in [9.17, 15) is 9.59 Å². The molecule has 0 amide bonds. The lowest BCUT2D eigenvalue weighted by Gasteiger charge is -1.87. The molecule has 6 nitrogen and oxygen atoms in total. The van der Waals surface area contributed by atoms with E-state index in [1.165, 1.54) is 12.1 Å². The van der Waals surface area contributed by atoms with Crippen LogP contribution in [0.3, 0.4) is 0 Å². The van der Waals surface area contributed by atoms with Crippen molar-refractivity contribution in [2.75, 3.05) is 6.54 Å². The Hall–Kier alpha value is -2.73. The molecular weight excluding hydrogens is 268 g/mol. The molecule has 3 aromatic rings. The van der Waals surface area contributed by atoms with Crippen LogP contribution in [0.4, 0.5) is 0 Å². The predicted molar refractivity (Wildman–Crippen MR) is 82.2 cm³/mol. The van der Waals surface area contributed by atoms with Gasteiger partial charge in [0, 0.05) is 29.8 Å². The maximum Gasteiger partial charge on any atom is 0.248 e. The van der Waals surface area contributed by atoms with Gasteiger partial charge in [-0.15, -0.1) is 0 Å². The lowest BCUT2D eigenvalue weighted by molar-refractivity contribution is 0.935. The van der Waals surface area contributed by atoms with Crippen molar-refractivity contribution in [3.05, 3.63) is 75.2 Å². The quantitative estimate of drug-likeness (QED) is 0.647. The highest BCUT2D eigenvalue weighted by molar-refractivity contribution is 5.77. The Balaban J connectivity index is 0.000000173. The fourth-order valence-corrected chi connectivity index (χ4v) is 1.80. The van der Waals surface area contributed by atoms with E-state index < -0.39 is 0 Å². The first-order valence-corrected chi connectivity index (χ1v) is 6.50. The first-order valence-electron chi connectivity index (χ1n) is 6.50. The summed E-state index contributed by atoms with van der Waals surface area (Å²) >= 11 is 0. The number of hydrogen-bond acceptors (Lipinski definition) is 4. The molecule has 6 heteroatoms. The molecule has 0 aliphatic rings. The minimum atomic E-state index is -0.265. The summed E-state index contributed by atoms with van der Waals surface area (Å²) in [5.74, 6) is 0. The Morgan fingerprint density at radius 1 is 1.10 bits per heavy atom. The molecule has 2 aromatic heterocycles. The minimum Gasteiger partial charge on any atom is -0.348 e. The molecule has 108 valence electrons. The van der Waals surface area contributed by atoms with E-state index in [4.69, 9.17) is 5.73 Å². The Labute approximate surface area is 120 Å². The minimum absolute atomic E-state index is 0.144. The molecule has 0 radical (unpaired) electrons. The standard InChI is InChI=1S/C10H7NO2.C5H9N3/c12-9-5-6-10(13)11-8-4-2-1-3-7(8)9;6-2-1-5-3-7-4-8-5/h1-6H,(H,11,13);3-4H,1-2,6H2,(H,7,8). The molecule has 0 aliphatic heterocycles. The van der Waals surface area contributed by atoms with E-state index in [1.807, 2.05) is 0 Å². The van der Waals surface area contributed by atoms with Crippen molar-refractivity contribution in [3.63, 3.8) is 0 Å². The van der Waals surface area contributed by atoms with Crippen molar-refractivity contribution < 1.29 is 0 Å². The van der Waals surface area contributed by atoms with Crippen LogP contribution < -0.4 is 16.7 Å². The second-order valence-corrected chi connectivity index (χ2v) is 4.35. The van der Waals surface area contributed by atoms with Crippen LogP contribution in [0.1, 0.15) is 5.69 Å². The van der Waals surface area contributed by atoms with Crippen LogP contribution in [0.2, 0.25) is 0 Å². The number of fused-ring (bicyclic) bond motifs is 1. The fourth-order valence-electron chi connectivity index (χ4n) is 1.80. The molecule has 21 heavy (non-hydrogen) atoms. The number of aromatic nitrogens is 3. The molecule has 0 fully saturated rings. The summed E-state index contributed by atoms with van der Waals surface area (Å²) in [4.78, 5) is 31.8. The Morgan fingerprint density at radius 2 is 1.90 bits per heavy atom. The zero-order valence-electron chi connectivity index (χ0n) is 11.4. The summed E-state index contributed by atoms with van der Waals surface area (Å²) in [5.41, 5.74) is 6.54. The van der Waals surface area contributed by atoms with Crippen molar-refractivity contribution >= 4 is 10.9 Å². The molecule has 0 saturated carbocycles. The van der Waals surface area contributed by atoms with Crippen LogP contribution in [-0.4, -0.2) is 21.5 Å². The molecule has 0 bridgehead atoms. The number of aromatic amines is 2. The molecule has 0 aliphatic carbocycles. The molecule has 0 unspecified atom stereocenters. The van der Waals surface area contributed by atoms with Gasteiger partial charge in [0.05, 0.1) is 11.8 Å². The third kappa shape index (κ3) is 4.12. The summed E-state index contributed by atoms with van der Waals surface area (Å²) in [6.07, 6.45) is 4.33. The molecule has 3 rings (SSSR count). The number of imidazole rings is 1. The SMILES string of the molecule is NCCc1cnc[nH]1.O=c1ccc(=O)c2ccccc2[nH]1. The zero-order chi connectivity index (χ0) is 15.1. The lowest BCUT2D eigenvalue weighted by Crippen LogP contribution is -2.02. The van der Waals surface area contributed by atoms with Crippen LogP contribution in [0.5, 0.6) is 0 Å². The van der Waals surface area contributed by atoms with Crippen molar-refractivity contribution in [1.82, 2.24) is 15.0 Å². The van der Waals surface area contributed by atoms with Gasteiger partial charge in [0.2, 0.25) is 5.56 Å². The predicted octanol–water partition coefficient (Wildman–Crippen LogP) is 0.799. The maximum absolute atomic E-state index is 11.4. The molecule has 1 aromatic carbocycles. The van der Waals surface area contributed by atoms with E-state index in [0.717, 1.165) is 12.1 Å². The van der Waals surface area contributed by atoms with Gasteiger partial charge in [0.25, 0.3) is 0 Å². The van der Waals surface area contributed by atoms with E-state index >= 15 is 0 Å². The fraction of sp³-hybridized carbons (Fsp3) is 0.133. The second-order valence-electron chi connectivity index (χ2n) is 4.35. The van der Waals surface area contributed by atoms with Crippen molar-refractivity contribution in [2.24, 2.45) is 5.73 Å². The molecule has 0 spiro atoms. The van der Waals surface area contributed by atoms with Gasteiger partial charge < -0.3 is 15.7 Å². The summed E-state index contributed by atoms with van der Waals surface area (Å²) in [7, 11) is 0. The largest absolute Gasteiger partial charge is 0.348 e. The summed E-state index contributed by atoms with van der Waals surface area (Å²) in [6.45, 7) is 0.683. The number of nitrogens with zero attached hydrogens (tertiary/aromatic N) is 1. The highest BCUT2D eigenvalue weighted by Gasteiger charge is 1.94. The van der Waals surface area contributed by atoms with Crippen molar-refractivity contribution in [3.8, 4) is 0 Å². The molecule has 0 atom stereocenters. The normalized spacial score (nSPS) is 9.95. The van der Waals surface area contributed by atoms with Gasteiger partial charge >= 0.3 is 0 Å². The van der Waals surface area contributed by atoms with Crippen molar-refractivity contribution in [2.45, 2.75) is 6.42 Å². The first kappa shape index (κ1) is 14.7. The highest BCUT2D eigenvalue weighted by Crippen LogP contribution is 2.01. The number of benzene rings is 1. The molecule has 2 heterocycles. The number of para-hydroxylation sites is 1. The van der Waals surface area contributed by atoms with Gasteiger partial charge in [-0.1, -0.05) is 12.1 Å². The third-order valence-electron chi connectivity index (χ3n) is 2.81. The van der Waals surface area contributed by atoms with E-state index in [1.54, 1.807) is 36.8 Å². The van der Waals surface area contributed by atoms with E-state index in [0.29, 0.717) is 17.4 Å². The second kappa shape index (κ2) is 7.16. The van der Waals surface area contributed by atoms with Gasteiger partial charge in [-0.3, -0.25) is 9.59 Å². The van der Waals surface area contributed by atoms with Crippen LogP contribution in [0.25, 0.3) is 10.9 Å². The van der Waals surface area contributed by atoms with Crippen LogP contribution in [-0.2, 0) is 6.42 Å². The summed E-state index contributed by atoms with van der Waals surface area (Å²) in [5, 5.41) is 0.532. The number of hydrogen-bond donors (Lipinski definition) is 3.